The smallest absolute Gasteiger partial charge is 0.251 e. The second-order valence-corrected chi connectivity index (χ2v) is 6.01. The Kier molecular flexibility index (Phi) is 5.17. The molecule has 1 atom stereocenters. The molecule has 0 fully saturated rings. The zero-order valence-electron chi connectivity index (χ0n) is 14.4. The Morgan fingerprint density at radius 2 is 1.69 bits per heavy atom. The summed E-state index contributed by atoms with van der Waals surface area (Å²) < 4.78 is 5.30. The lowest BCUT2D eigenvalue weighted by Crippen LogP contribution is -2.45. The first-order valence-corrected chi connectivity index (χ1v) is 8.29. The molecule has 5 nitrogen and oxygen atoms in total. The third-order valence-electron chi connectivity index (χ3n) is 4.28. The van der Waals surface area contributed by atoms with Crippen LogP contribution in [0.1, 0.15) is 15.9 Å². The van der Waals surface area contributed by atoms with E-state index in [-0.39, 0.29) is 12.3 Å². The van der Waals surface area contributed by atoms with Gasteiger partial charge >= 0.3 is 0 Å². The molecular weight excluding hydrogens is 328 g/mol. The van der Waals surface area contributed by atoms with E-state index in [4.69, 9.17) is 10.5 Å². The molecule has 0 spiro atoms. The van der Waals surface area contributed by atoms with Crippen LogP contribution in [0.5, 0.6) is 5.75 Å². The predicted molar refractivity (Wildman–Crippen MR) is 101 cm³/mol. The number of methoxy groups -OCH3 is 1. The number of nitrogens with one attached hydrogen (secondary N) is 1. The van der Waals surface area contributed by atoms with Crippen molar-refractivity contribution in [3.8, 4) is 5.75 Å². The summed E-state index contributed by atoms with van der Waals surface area (Å²) in [6.07, 6.45) is 0.263. The number of hydrogen-bond donors (Lipinski definition) is 2. The van der Waals surface area contributed by atoms with Crippen molar-refractivity contribution in [3.63, 3.8) is 0 Å². The largest absolute Gasteiger partial charge is 0.496 e. The quantitative estimate of drug-likeness (QED) is 0.718. The Bertz CT molecular complexity index is 953. The van der Waals surface area contributed by atoms with Gasteiger partial charge in [0.05, 0.1) is 7.11 Å². The van der Waals surface area contributed by atoms with E-state index in [9.17, 15) is 9.59 Å². The Hall–Kier alpha value is -3.34. The fourth-order valence-corrected chi connectivity index (χ4v) is 2.89. The minimum Gasteiger partial charge on any atom is -0.496 e. The van der Waals surface area contributed by atoms with Gasteiger partial charge in [0.2, 0.25) is 5.91 Å². The third-order valence-corrected chi connectivity index (χ3v) is 4.28. The molecule has 0 bridgehead atoms. The van der Waals surface area contributed by atoms with E-state index >= 15 is 0 Å². The van der Waals surface area contributed by atoms with E-state index in [1.807, 2.05) is 48.5 Å². The molecule has 0 saturated carbocycles. The number of hydrogen-bond acceptors (Lipinski definition) is 3. The SMILES string of the molecule is COc1ccccc1C[C@H](NC(=O)c1ccc2ccccc2c1)C(N)=O. The summed E-state index contributed by atoms with van der Waals surface area (Å²) in [5.41, 5.74) is 6.78. The summed E-state index contributed by atoms with van der Waals surface area (Å²) in [6, 6.07) is 19.7. The minimum atomic E-state index is -0.828. The number of nitrogens with two attached hydrogens (primary N) is 1. The van der Waals surface area contributed by atoms with Crippen molar-refractivity contribution in [1.29, 1.82) is 0 Å². The predicted octanol–water partition coefficient (Wildman–Crippen LogP) is 2.67. The fraction of sp³-hybridized carbons (Fsp3) is 0.143. The van der Waals surface area contributed by atoms with E-state index in [1.165, 1.54) is 0 Å². The van der Waals surface area contributed by atoms with Gasteiger partial charge in [-0.25, -0.2) is 0 Å². The van der Waals surface area contributed by atoms with Crippen molar-refractivity contribution in [3.05, 3.63) is 77.9 Å². The molecule has 0 radical (unpaired) electrons. The molecule has 5 heteroatoms. The van der Waals surface area contributed by atoms with Crippen LogP contribution in [-0.2, 0) is 11.2 Å². The second-order valence-electron chi connectivity index (χ2n) is 6.01. The third kappa shape index (κ3) is 3.83. The lowest BCUT2D eigenvalue weighted by molar-refractivity contribution is -0.119. The van der Waals surface area contributed by atoms with Crippen LogP contribution < -0.4 is 15.8 Å². The highest BCUT2D eigenvalue weighted by atomic mass is 16.5. The van der Waals surface area contributed by atoms with Crippen LogP contribution in [0.4, 0.5) is 0 Å². The highest BCUT2D eigenvalue weighted by Gasteiger charge is 2.21. The summed E-state index contributed by atoms with van der Waals surface area (Å²) in [5.74, 6) is -0.279. The molecule has 3 rings (SSSR count). The van der Waals surface area contributed by atoms with Crippen LogP contribution in [0.15, 0.2) is 66.7 Å². The van der Waals surface area contributed by atoms with Gasteiger partial charge in [-0.3, -0.25) is 9.59 Å². The van der Waals surface area contributed by atoms with E-state index in [2.05, 4.69) is 5.32 Å². The van der Waals surface area contributed by atoms with Crippen LogP contribution >= 0.6 is 0 Å². The van der Waals surface area contributed by atoms with Crippen LogP contribution in [-0.4, -0.2) is 25.0 Å². The number of carbonyl (C=O) groups excluding carboxylic acids is 2. The van der Waals surface area contributed by atoms with Crippen molar-refractivity contribution in [2.75, 3.05) is 7.11 Å². The monoisotopic (exact) mass is 348 g/mol. The number of amides is 2. The molecule has 3 N–H and O–H groups in total. The lowest BCUT2D eigenvalue weighted by atomic mass is 10.0. The Morgan fingerprint density at radius 3 is 2.42 bits per heavy atom. The molecule has 0 unspecified atom stereocenters. The molecule has 0 aliphatic carbocycles. The average Bonchev–Trinajstić information content (AvgIpc) is 2.67. The fourth-order valence-electron chi connectivity index (χ4n) is 2.89. The van der Waals surface area contributed by atoms with Gasteiger partial charge in [0, 0.05) is 12.0 Å². The summed E-state index contributed by atoms with van der Waals surface area (Å²) in [5, 5.41) is 4.73. The van der Waals surface area contributed by atoms with Gasteiger partial charge in [0.15, 0.2) is 0 Å². The van der Waals surface area contributed by atoms with Crippen molar-refractivity contribution in [1.82, 2.24) is 5.32 Å². The van der Waals surface area contributed by atoms with Gasteiger partial charge in [-0.1, -0.05) is 48.5 Å². The normalized spacial score (nSPS) is 11.7. The maximum absolute atomic E-state index is 12.6. The number of fused-ring (bicyclic) bond motifs is 1. The van der Waals surface area contributed by atoms with Crippen LogP contribution in [0, 0.1) is 0 Å². The molecule has 0 saturated heterocycles. The van der Waals surface area contributed by atoms with Crippen molar-refractivity contribution in [2.45, 2.75) is 12.5 Å². The molecule has 3 aromatic rings. The number of ether oxygens (including phenoxy) is 1. The van der Waals surface area contributed by atoms with Gasteiger partial charge in [0.1, 0.15) is 11.8 Å². The molecule has 0 heterocycles. The first-order valence-electron chi connectivity index (χ1n) is 8.29. The zero-order chi connectivity index (χ0) is 18.5. The Balaban J connectivity index is 1.80. The van der Waals surface area contributed by atoms with Crippen molar-refractivity contribution >= 4 is 22.6 Å². The standard InChI is InChI=1S/C21H20N2O3/c1-26-19-9-5-4-8-16(19)13-18(20(22)24)23-21(25)17-11-10-14-6-2-3-7-15(14)12-17/h2-12,18H,13H2,1H3,(H2,22,24)(H,23,25)/t18-/m0/s1. The van der Waals surface area contributed by atoms with Crippen LogP contribution in [0.2, 0.25) is 0 Å². The molecule has 2 amide bonds. The van der Waals surface area contributed by atoms with Gasteiger partial charge in [-0.2, -0.15) is 0 Å². The van der Waals surface area contributed by atoms with E-state index in [0.717, 1.165) is 16.3 Å². The molecule has 0 aromatic heterocycles. The molecule has 0 aliphatic heterocycles. The van der Waals surface area contributed by atoms with Crippen molar-refractivity contribution in [2.24, 2.45) is 5.73 Å². The summed E-state index contributed by atoms with van der Waals surface area (Å²) in [7, 11) is 1.56. The number of carbonyl (C=O) groups is 2. The first-order chi connectivity index (χ1) is 12.6. The molecule has 0 aliphatic rings. The maximum Gasteiger partial charge on any atom is 0.251 e. The van der Waals surface area contributed by atoms with Gasteiger partial charge < -0.3 is 15.8 Å². The maximum atomic E-state index is 12.6. The molecule has 3 aromatic carbocycles. The van der Waals surface area contributed by atoms with Gasteiger partial charge in [0.25, 0.3) is 5.91 Å². The summed E-state index contributed by atoms with van der Waals surface area (Å²) in [6.45, 7) is 0. The first kappa shape index (κ1) is 17.5. The number of benzene rings is 3. The van der Waals surface area contributed by atoms with Crippen molar-refractivity contribution < 1.29 is 14.3 Å². The summed E-state index contributed by atoms with van der Waals surface area (Å²) in [4.78, 5) is 24.4. The Labute approximate surface area is 151 Å². The number of para-hydroxylation sites is 1. The van der Waals surface area contributed by atoms with E-state index in [1.54, 1.807) is 25.3 Å². The van der Waals surface area contributed by atoms with E-state index in [0.29, 0.717) is 11.3 Å². The zero-order valence-corrected chi connectivity index (χ0v) is 14.4. The van der Waals surface area contributed by atoms with Gasteiger partial charge in [-0.05, 0) is 34.5 Å². The second kappa shape index (κ2) is 7.70. The highest BCUT2D eigenvalue weighted by molar-refractivity contribution is 6.00. The minimum absolute atomic E-state index is 0.263. The van der Waals surface area contributed by atoms with Crippen LogP contribution in [0.3, 0.4) is 0 Å². The highest BCUT2D eigenvalue weighted by Crippen LogP contribution is 2.19. The average molecular weight is 348 g/mol. The lowest BCUT2D eigenvalue weighted by Gasteiger charge is -2.17. The Morgan fingerprint density at radius 1 is 1.00 bits per heavy atom. The topological polar surface area (TPSA) is 81.4 Å². The molecule has 132 valence electrons. The summed E-state index contributed by atoms with van der Waals surface area (Å²) >= 11 is 0. The molecule has 26 heavy (non-hydrogen) atoms. The number of rotatable bonds is 6. The van der Waals surface area contributed by atoms with Crippen LogP contribution in [0.25, 0.3) is 10.8 Å². The van der Waals surface area contributed by atoms with E-state index < -0.39 is 11.9 Å². The molecular formula is C21H20N2O3. The number of primary amides is 1. The van der Waals surface area contributed by atoms with Gasteiger partial charge in [-0.15, -0.1) is 0 Å².